The highest BCUT2D eigenvalue weighted by molar-refractivity contribution is 6.30. The van der Waals surface area contributed by atoms with Crippen LogP contribution >= 0.6 is 11.6 Å². The number of fused-ring (bicyclic) bond motifs is 1. The van der Waals surface area contributed by atoms with Crippen molar-refractivity contribution >= 4 is 35.3 Å². The minimum Gasteiger partial charge on any atom is -0.360 e. The second kappa shape index (κ2) is 8.22. The van der Waals surface area contributed by atoms with Gasteiger partial charge in [0.05, 0.1) is 12.2 Å². The van der Waals surface area contributed by atoms with Crippen molar-refractivity contribution in [3.05, 3.63) is 52.4 Å². The summed E-state index contributed by atoms with van der Waals surface area (Å²) in [5.74, 6) is 0.918. The highest BCUT2D eigenvalue weighted by Gasteiger charge is 2.51. The van der Waals surface area contributed by atoms with Crippen LogP contribution in [0.5, 0.6) is 0 Å². The smallest absolute Gasteiger partial charge is 0.178 e. The van der Waals surface area contributed by atoms with Crippen LogP contribution in [0.2, 0.25) is 5.02 Å². The van der Waals surface area contributed by atoms with Crippen molar-refractivity contribution < 1.29 is 4.39 Å². The van der Waals surface area contributed by atoms with Gasteiger partial charge in [0, 0.05) is 49.2 Å². The Bertz CT molecular complexity index is 1220. The van der Waals surface area contributed by atoms with Gasteiger partial charge in [-0.3, -0.25) is 10.3 Å². The Balaban J connectivity index is 1.04. The van der Waals surface area contributed by atoms with Crippen molar-refractivity contribution in [2.45, 2.75) is 25.4 Å². The zero-order chi connectivity index (χ0) is 23.3. The summed E-state index contributed by atoms with van der Waals surface area (Å²) in [5.41, 5.74) is 5.30. The average Bonchev–Trinajstić information content (AvgIpc) is 3.61. The first-order valence-electron chi connectivity index (χ1n) is 11.5. The minimum absolute atomic E-state index is 0.153. The molecular weight excluding hydrogens is 455 g/mol. The van der Waals surface area contributed by atoms with E-state index in [0.717, 1.165) is 61.4 Å². The van der Waals surface area contributed by atoms with Gasteiger partial charge in [-0.25, -0.2) is 14.4 Å². The standard InChI is InChI=1S/C24H24ClFN8/c25-17-1-5-20-16(7-17)9-33(18-2-3-18)10-22(29-20)31-28-15-32-11-24(12-32)13-34(14-24)23-6-4-19(26)21(8-27)30-23/h1,4-7,15,18H,2-3,9-14H2,(H,29,31)/b28-15+. The van der Waals surface area contributed by atoms with Gasteiger partial charge in [0.1, 0.15) is 24.1 Å². The number of aliphatic imine (C=N–C) groups is 1. The molecule has 6 rings (SSSR count). The van der Waals surface area contributed by atoms with E-state index in [-0.39, 0.29) is 11.1 Å². The average molecular weight is 479 g/mol. The number of hydrogen-bond donors (Lipinski definition) is 1. The molecule has 0 atom stereocenters. The molecule has 1 aromatic carbocycles. The maximum absolute atomic E-state index is 13.5. The molecule has 1 N–H and O–H groups in total. The molecule has 8 nitrogen and oxygen atoms in total. The summed E-state index contributed by atoms with van der Waals surface area (Å²) in [6, 6.07) is 11.2. The fourth-order valence-electron chi connectivity index (χ4n) is 5.09. The molecule has 1 saturated carbocycles. The van der Waals surface area contributed by atoms with E-state index in [0.29, 0.717) is 11.9 Å². The van der Waals surface area contributed by atoms with Gasteiger partial charge in [-0.1, -0.05) is 11.6 Å². The fraction of sp³-hybridized carbons (Fsp3) is 0.417. The number of nitriles is 1. The van der Waals surface area contributed by atoms with Crippen LogP contribution in [0.4, 0.5) is 15.9 Å². The van der Waals surface area contributed by atoms with Crippen LogP contribution in [0.3, 0.4) is 0 Å². The van der Waals surface area contributed by atoms with E-state index in [1.807, 2.05) is 24.5 Å². The number of nitrogens with one attached hydrogen (secondary N) is 1. The molecule has 1 spiro atoms. The zero-order valence-electron chi connectivity index (χ0n) is 18.6. The normalized spacial score (nSPS) is 21.4. The number of amidine groups is 1. The van der Waals surface area contributed by atoms with Crippen LogP contribution < -0.4 is 10.3 Å². The number of anilines is 1. The highest BCUT2D eigenvalue weighted by atomic mass is 35.5. The molecule has 1 aliphatic carbocycles. The summed E-state index contributed by atoms with van der Waals surface area (Å²) >= 11 is 6.21. The van der Waals surface area contributed by atoms with Crippen LogP contribution in [0, 0.1) is 22.6 Å². The van der Waals surface area contributed by atoms with E-state index in [1.165, 1.54) is 18.9 Å². The number of aromatic nitrogens is 1. The molecular formula is C24H24ClFN8. The number of likely N-dealkylation sites (tertiary alicyclic amines) is 1. The summed E-state index contributed by atoms with van der Waals surface area (Å²) in [5, 5.41) is 14.2. The van der Waals surface area contributed by atoms with Crippen molar-refractivity contribution in [3.8, 4) is 6.07 Å². The van der Waals surface area contributed by atoms with Crippen LogP contribution in [0.1, 0.15) is 24.1 Å². The second-order valence-electron chi connectivity index (χ2n) is 9.70. The number of hydrazone groups is 1. The second-order valence-corrected chi connectivity index (χ2v) is 10.1. The molecule has 0 radical (unpaired) electrons. The maximum Gasteiger partial charge on any atom is 0.178 e. The molecule has 0 bridgehead atoms. The molecule has 2 saturated heterocycles. The summed E-state index contributed by atoms with van der Waals surface area (Å²) in [6.07, 6.45) is 4.30. The summed E-state index contributed by atoms with van der Waals surface area (Å²) in [4.78, 5) is 15.6. The topological polar surface area (TPSA) is 83.1 Å². The van der Waals surface area contributed by atoms with Crippen LogP contribution in [0.15, 0.2) is 40.4 Å². The predicted molar refractivity (Wildman–Crippen MR) is 129 cm³/mol. The van der Waals surface area contributed by atoms with E-state index in [9.17, 15) is 4.39 Å². The number of benzene rings is 1. The Labute approximate surface area is 202 Å². The lowest BCUT2D eigenvalue weighted by Gasteiger charge is -2.60. The lowest BCUT2D eigenvalue weighted by molar-refractivity contribution is 0.0324. The Morgan fingerprint density at radius 1 is 1.18 bits per heavy atom. The maximum atomic E-state index is 13.5. The molecule has 34 heavy (non-hydrogen) atoms. The summed E-state index contributed by atoms with van der Waals surface area (Å²) < 4.78 is 13.5. The van der Waals surface area contributed by atoms with Gasteiger partial charge < -0.3 is 9.80 Å². The number of rotatable bonds is 4. The quantitative estimate of drug-likeness (QED) is 0.413. The molecule has 4 heterocycles. The summed E-state index contributed by atoms with van der Waals surface area (Å²) in [6.45, 7) is 5.09. The first kappa shape index (κ1) is 21.3. The van der Waals surface area contributed by atoms with Gasteiger partial charge in [-0.05, 0) is 48.7 Å². The molecule has 10 heteroatoms. The third-order valence-corrected chi connectivity index (χ3v) is 7.13. The number of hydrogen-bond acceptors (Lipinski definition) is 7. The molecule has 0 unspecified atom stereocenters. The summed E-state index contributed by atoms with van der Waals surface area (Å²) in [7, 11) is 0. The minimum atomic E-state index is -0.578. The van der Waals surface area contributed by atoms with Gasteiger partial charge in [-0.2, -0.15) is 10.4 Å². The number of nitrogens with zero attached hydrogens (tertiary/aromatic N) is 7. The van der Waals surface area contributed by atoms with E-state index in [2.05, 4.69) is 30.2 Å². The van der Waals surface area contributed by atoms with Gasteiger partial charge in [0.2, 0.25) is 0 Å². The van der Waals surface area contributed by atoms with Crippen molar-refractivity contribution in [2.24, 2.45) is 15.5 Å². The number of pyridine rings is 1. The van der Waals surface area contributed by atoms with E-state index < -0.39 is 5.82 Å². The zero-order valence-corrected chi connectivity index (χ0v) is 19.3. The predicted octanol–water partition coefficient (Wildman–Crippen LogP) is 3.11. The fourth-order valence-corrected chi connectivity index (χ4v) is 5.28. The lowest BCUT2D eigenvalue weighted by atomic mass is 9.73. The largest absolute Gasteiger partial charge is 0.360 e. The Hall–Kier alpha value is -3.22. The van der Waals surface area contributed by atoms with E-state index in [4.69, 9.17) is 21.9 Å². The van der Waals surface area contributed by atoms with Gasteiger partial charge in [0.25, 0.3) is 0 Å². The molecule has 1 aromatic heterocycles. The van der Waals surface area contributed by atoms with Gasteiger partial charge >= 0.3 is 0 Å². The van der Waals surface area contributed by atoms with Crippen molar-refractivity contribution in [2.75, 3.05) is 37.6 Å². The molecule has 4 aliphatic rings. The van der Waals surface area contributed by atoms with Gasteiger partial charge in [-0.15, -0.1) is 0 Å². The first-order valence-corrected chi connectivity index (χ1v) is 11.8. The van der Waals surface area contributed by atoms with Crippen LogP contribution in [0.25, 0.3) is 0 Å². The van der Waals surface area contributed by atoms with Crippen molar-refractivity contribution in [3.63, 3.8) is 0 Å². The Morgan fingerprint density at radius 3 is 2.76 bits per heavy atom. The van der Waals surface area contributed by atoms with Gasteiger partial charge in [0.15, 0.2) is 11.5 Å². The molecule has 3 aliphatic heterocycles. The Morgan fingerprint density at radius 2 is 2.00 bits per heavy atom. The van der Waals surface area contributed by atoms with E-state index >= 15 is 0 Å². The van der Waals surface area contributed by atoms with Crippen molar-refractivity contribution in [1.29, 1.82) is 5.26 Å². The SMILES string of the molecule is N#Cc1nc(N2CC3(CN(/C=N/NC4=Nc5ccc(Cl)cc5CN(C5CC5)C4)C3)C2)ccc1F. The molecule has 174 valence electrons. The number of halogens is 2. The third-order valence-electron chi connectivity index (χ3n) is 6.89. The van der Waals surface area contributed by atoms with Crippen LogP contribution in [-0.4, -0.2) is 65.7 Å². The Kier molecular flexibility index (Phi) is 5.15. The third kappa shape index (κ3) is 4.08. The lowest BCUT2D eigenvalue weighted by Crippen LogP contribution is -2.72. The molecule has 0 amide bonds. The van der Waals surface area contributed by atoms with Crippen molar-refractivity contribution in [1.82, 2.24) is 20.2 Å². The highest BCUT2D eigenvalue weighted by Crippen LogP contribution is 2.41. The monoisotopic (exact) mass is 478 g/mol. The first-order chi connectivity index (χ1) is 16.5. The molecule has 2 aromatic rings. The van der Waals surface area contributed by atoms with Crippen LogP contribution in [-0.2, 0) is 6.54 Å². The van der Waals surface area contributed by atoms with E-state index in [1.54, 1.807) is 12.1 Å². The molecule has 3 fully saturated rings.